The van der Waals surface area contributed by atoms with Crippen LogP contribution < -0.4 is 10.2 Å². The molecule has 0 bridgehead atoms. The largest absolute Gasteiger partial charge is 0.367 e. The van der Waals surface area contributed by atoms with Crippen molar-refractivity contribution in [2.75, 3.05) is 49.5 Å². The molecule has 40 heavy (non-hydrogen) atoms. The zero-order valence-corrected chi connectivity index (χ0v) is 24.4. The number of hydrogen-bond acceptors (Lipinski definition) is 5. The lowest BCUT2D eigenvalue weighted by atomic mass is 10.0. The van der Waals surface area contributed by atoms with Gasteiger partial charge in [-0.15, -0.1) is 0 Å². The van der Waals surface area contributed by atoms with Crippen molar-refractivity contribution in [2.24, 2.45) is 0 Å². The third-order valence-corrected chi connectivity index (χ3v) is 7.35. The lowest BCUT2D eigenvalue weighted by Gasteiger charge is -2.41. The molecule has 214 valence electrons. The maximum Gasteiger partial charge on any atom is 0.273 e. The molecule has 9 heteroatoms. The topological polar surface area (TPSA) is 73.7 Å². The number of aryl methyl sites for hydroxylation is 1. The summed E-state index contributed by atoms with van der Waals surface area (Å²) >= 11 is 0. The van der Waals surface area contributed by atoms with Crippen molar-refractivity contribution in [1.82, 2.24) is 19.6 Å². The van der Waals surface area contributed by atoms with Crippen LogP contribution in [0.3, 0.4) is 0 Å². The summed E-state index contributed by atoms with van der Waals surface area (Å²) in [5.41, 5.74) is 2.65. The van der Waals surface area contributed by atoms with Gasteiger partial charge in [-0.25, -0.2) is 4.39 Å². The first-order valence-corrected chi connectivity index (χ1v) is 14.0. The van der Waals surface area contributed by atoms with Crippen molar-refractivity contribution in [3.63, 3.8) is 0 Å². The Kier molecular flexibility index (Phi) is 8.93. The zero-order chi connectivity index (χ0) is 29.0. The smallest absolute Gasteiger partial charge is 0.273 e. The summed E-state index contributed by atoms with van der Waals surface area (Å²) in [7, 11) is 0. The normalized spacial score (nSPS) is 15.1. The van der Waals surface area contributed by atoms with E-state index in [1.807, 2.05) is 81.7 Å². The van der Waals surface area contributed by atoms with Crippen molar-refractivity contribution in [3.05, 3.63) is 77.4 Å². The van der Waals surface area contributed by atoms with Gasteiger partial charge in [-0.2, -0.15) is 5.10 Å². The summed E-state index contributed by atoms with van der Waals surface area (Å²) in [6.07, 6.45) is 0. The number of nitrogens with one attached hydrogen (secondary N) is 1. The van der Waals surface area contributed by atoms with Gasteiger partial charge in [0, 0.05) is 45.0 Å². The van der Waals surface area contributed by atoms with Gasteiger partial charge in [-0.1, -0.05) is 30.3 Å². The number of likely N-dealkylation sites (N-methyl/N-ethyl adjacent to an activating group) is 1. The van der Waals surface area contributed by atoms with Crippen LogP contribution in [0, 0.1) is 12.7 Å². The number of benzene rings is 2. The summed E-state index contributed by atoms with van der Waals surface area (Å²) in [5, 5.41) is 7.27. The molecule has 2 amide bonds. The number of nitrogens with zero attached hydrogens (tertiary/aromatic N) is 5. The molecule has 1 aliphatic heterocycles. The molecule has 2 heterocycles. The highest BCUT2D eigenvalue weighted by molar-refractivity contribution is 6.03. The number of carbonyl (C=O) groups excluding carboxylic acids is 2. The minimum Gasteiger partial charge on any atom is -0.367 e. The Morgan fingerprint density at radius 3 is 2.23 bits per heavy atom. The molecule has 4 rings (SSSR count). The molecular weight excluding hydrogens is 507 g/mol. The summed E-state index contributed by atoms with van der Waals surface area (Å²) in [4.78, 5) is 32.6. The molecule has 1 N–H and O–H groups in total. The summed E-state index contributed by atoms with van der Waals surface area (Å²) in [6, 6.07) is 16.0. The lowest BCUT2D eigenvalue weighted by molar-refractivity contribution is -0.137. The molecule has 8 nitrogen and oxygen atoms in total. The third-order valence-electron chi connectivity index (χ3n) is 7.35. The average molecular weight is 549 g/mol. The van der Waals surface area contributed by atoms with Gasteiger partial charge in [-0.05, 0) is 71.4 Å². The fourth-order valence-electron chi connectivity index (χ4n) is 5.28. The molecule has 0 aliphatic carbocycles. The van der Waals surface area contributed by atoms with Crippen molar-refractivity contribution >= 4 is 23.2 Å². The Labute approximate surface area is 236 Å². The molecule has 1 aliphatic rings. The van der Waals surface area contributed by atoms with E-state index >= 15 is 4.39 Å². The van der Waals surface area contributed by atoms with Gasteiger partial charge in [-0.3, -0.25) is 19.2 Å². The van der Waals surface area contributed by atoms with Crippen LogP contribution in [0.5, 0.6) is 0 Å². The van der Waals surface area contributed by atoms with Crippen LogP contribution in [0.4, 0.5) is 15.8 Å². The molecule has 0 spiro atoms. The van der Waals surface area contributed by atoms with Crippen LogP contribution >= 0.6 is 0 Å². The number of anilines is 2. The molecule has 1 unspecified atom stereocenters. The SMILES string of the molecule is CCN(CC)C(=O)C(c1ccccc1)N1CCN(c2ccc(NC(=O)c3cc(C)nn3C(C)(C)C)cc2F)CC1. The van der Waals surface area contributed by atoms with E-state index in [9.17, 15) is 9.59 Å². The summed E-state index contributed by atoms with van der Waals surface area (Å²) in [5.74, 6) is -0.634. The lowest BCUT2D eigenvalue weighted by Crippen LogP contribution is -2.51. The van der Waals surface area contributed by atoms with Crippen molar-refractivity contribution in [1.29, 1.82) is 0 Å². The first-order chi connectivity index (χ1) is 19.0. The number of aromatic nitrogens is 2. The number of carbonyl (C=O) groups is 2. The maximum absolute atomic E-state index is 15.3. The van der Waals surface area contributed by atoms with Crippen molar-refractivity contribution in [3.8, 4) is 0 Å². The Hall–Kier alpha value is -3.72. The molecule has 1 aromatic heterocycles. The number of rotatable bonds is 8. The van der Waals surface area contributed by atoms with Gasteiger partial charge in [0.05, 0.1) is 16.9 Å². The van der Waals surface area contributed by atoms with E-state index in [4.69, 9.17) is 0 Å². The first-order valence-electron chi connectivity index (χ1n) is 14.0. The molecule has 2 aromatic carbocycles. The average Bonchev–Trinajstić information content (AvgIpc) is 3.33. The van der Waals surface area contributed by atoms with Gasteiger partial charge in [0.1, 0.15) is 17.6 Å². The van der Waals surface area contributed by atoms with Gasteiger partial charge in [0.2, 0.25) is 5.91 Å². The highest BCUT2D eigenvalue weighted by atomic mass is 19.1. The first kappa shape index (κ1) is 29.3. The van der Waals surface area contributed by atoms with Gasteiger partial charge in [0.15, 0.2) is 0 Å². The van der Waals surface area contributed by atoms with Crippen molar-refractivity contribution in [2.45, 2.75) is 53.1 Å². The van der Waals surface area contributed by atoms with Gasteiger partial charge in [0.25, 0.3) is 5.91 Å². The maximum atomic E-state index is 15.3. The van der Waals surface area contributed by atoms with Gasteiger partial charge >= 0.3 is 0 Å². The fourth-order valence-corrected chi connectivity index (χ4v) is 5.28. The second kappa shape index (κ2) is 12.2. The summed E-state index contributed by atoms with van der Waals surface area (Å²) in [6.45, 7) is 15.5. The highest BCUT2D eigenvalue weighted by Crippen LogP contribution is 2.29. The van der Waals surface area contributed by atoms with Crippen LogP contribution in [0.1, 0.15) is 62.4 Å². The minimum atomic E-state index is -0.398. The van der Waals surface area contributed by atoms with E-state index in [1.165, 1.54) is 6.07 Å². The van der Waals surface area contributed by atoms with Gasteiger partial charge < -0.3 is 15.1 Å². The van der Waals surface area contributed by atoms with Crippen LogP contribution in [-0.4, -0.2) is 70.7 Å². The number of amides is 2. The molecule has 0 radical (unpaired) electrons. The van der Waals surface area contributed by atoms with Crippen LogP contribution in [0.25, 0.3) is 0 Å². The second-order valence-electron chi connectivity index (χ2n) is 11.2. The second-order valence-corrected chi connectivity index (χ2v) is 11.2. The summed E-state index contributed by atoms with van der Waals surface area (Å²) < 4.78 is 17.0. The van der Waals surface area contributed by atoms with Crippen LogP contribution in [0.2, 0.25) is 0 Å². The predicted molar refractivity (Wildman–Crippen MR) is 157 cm³/mol. The number of piperazine rings is 1. The fraction of sp³-hybridized carbons (Fsp3) is 0.452. The van der Waals surface area contributed by atoms with E-state index in [1.54, 1.807) is 22.9 Å². The quantitative estimate of drug-likeness (QED) is 0.426. The van der Waals surface area contributed by atoms with E-state index in [0.29, 0.717) is 56.3 Å². The van der Waals surface area contributed by atoms with E-state index in [-0.39, 0.29) is 23.4 Å². The molecule has 1 atom stereocenters. The standard InChI is InChI=1S/C31H41FN6O2/c1-7-35(8-2)30(40)28(23-12-10-9-11-13-23)37-18-16-36(17-19-37)26-15-14-24(21-25(26)32)33-29(39)27-20-22(3)34-38(27)31(4,5)6/h9-15,20-21,28H,7-8,16-19H2,1-6H3,(H,33,39). The minimum absolute atomic E-state index is 0.0962. The Morgan fingerprint density at radius 2 is 1.65 bits per heavy atom. The predicted octanol–water partition coefficient (Wildman–Crippen LogP) is 5.07. The number of halogens is 1. The molecule has 1 saturated heterocycles. The van der Waals surface area contributed by atoms with Crippen LogP contribution in [0.15, 0.2) is 54.6 Å². The Morgan fingerprint density at radius 1 is 1.00 bits per heavy atom. The Balaban J connectivity index is 1.46. The molecule has 3 aromatic rings. The highest BCUT2D eigenvalue weighted by Gasteiger charge is 2.33. The molecule has 1 fully saturated rings. The van der Waals surface area contributed by atoms with E-state index < -0.39 is 5.82 Å². The number of hydrogen-bond donors (Lipinski definition) is 1. The monoisotopic (exact) mass is 548 g/mol. The molecular formula is C31H41FN6O2. The van der Waals surface area contributed by atoms with E-state index in [0.717, 1.165) is 11.3 Å². The third kappa shape index (κ3) is 6.36. The Bertz CT molecular complexity index is 1320. The van der Waals surface area contributed by atoms with E-state index in [2.05, 4.69) is 15.3 Å². The van der Waals surface area contributed by atoms with Crippen molar-refractivity contribution < 1.29 is 14.0 Å². The zero-order valence-electron chi connectivity index (χ0n) is 24.4. The molecule has 0 saturated carbocycles. The van der Waals surface area contributed by atoms with Crippen LogP contribution in [-0.2, 0) is 10.3 Å².